The zero-order valence-electron chi connectivity index (χ0n) is 7.16. The van der Waals surface area contributed by atoms with Crippen LogP contribution in [0.15, 0.2) is 5.38 Å². The van der Waals surface area contributed by atoms with Gasteiger partial charge in [-0.2, -0.15) is 0 Å². The number of methoxy groups -OCH3 is 1. The second-order valence-electron chi connectivity index (χ2n) is 2.47. The first-order valence-electron chi connectivity index (χ1n) is 3.74. The van der Waals surface area contributed by atoms with Crippen LogP contribution in [0.4, 0.5) is 5.13 Å². The van der Waals surface area contributed by atoms with Crippen molar-refractivity contribution in [3.63, 3.8) is 0 Å². The number of rotatable bonds is 5. The van der Waals surface area contributed by atoms with E-state index in [0.717, 1.165) is 0 Å². The molecule has 1 unspecified atom stereocenters. The summed E-state index contributed by atoms with van der Waals surface area (Å²) in [4.78, 5) is 3.96. The summed E-state index contributed by atoms with van der Waals surface area (Å²) in [6, 6.07) is 0. The first-order chi connectivity index (χ1) is 6.22. The molecule has 74 valence electrons. The molecule has 0 aromatic carbocycles. The Balaban J connectivity index is 2.26. The van der Waals surface area contributed by atoms with Gasteiger partial charge in [0.25, 0.3) is 0 Å². The average molecular weight is 223 g/mol. The Morgan fingerprint density at radius 2 is 2.62 bits per heavy atom. The summed E-state index contributed by atoms with van der Waals surface area (Å²) in [5.74, 6) is 0. The molecule has 0 aliphatic carbocycles. The minimum absolute atomic E-state index is 0.312. The summed E-state index contributed by atoms with van der Waals surface area (Å²) in [6.07, 6.45) is -0.521. The predicted octanol–water partition coefficient (Wildman–Crippen LogP) is 1.22. The van der Waals surface area contributed by atoms with Crippen LogP contribution >= 0.6 is 22.9 Å². The number of nitrogens with one attached hydrogen (secondary N) is 1. The fourth-order valence-electron chi connectivity index (χ4n) is 0.792. The highest BCUT2D eigenvalue weighted by atomic mass is 35.5. The molecule has 0 spiro atoms. The SMILES string of the molecule is COCC(O)CNc1nc(Cl)cs1. The molecule has 4 nitrogen and oxygen atoms in total. The minimum atomic E-state index is -0.521. The summed E-state index contributed by atoms with van der Waals surface area (Å²) in [7, 11) is 1.55. The van der Waals surface area contributed by atoms with Gasteiger partial charge in [-0.05, 0) is 0 Å². The Bertz CT molecular complexity index is 256. The lowest BCUT2D eigenvalue weighted by Gasteiger charge is -2.08. The van der Waals surface area contributed by atoms with Crippen molar-refractivity contribution in [1.82, 2.24) is 4.98 Å². The highest BCUT2D eigenvalue weighted by Crippen LogP contribution is 2.18. The van der Waals surface area contributed by atoms with E-state index in [2.05, 4.69) is 10.3 Å². The van der Waals surface area contributed by atoms with E-state index in [0.29, 0.717) is 23.4 Å². The fourth-order valence-corrected chi connectivity index (χ4v) is 1.64. The molecule has 1 heterocycles. The summed E-state index contributed by atoms with van der Waals surface area (Å²) in [6.45, 7) is 0.726. The van der Waals surface area contributed by atoms with Crippen LogP contribution in [0.1, 0.15) is 0 Å². The Morgan fingerprint density at radius 3 is 3.15 bits per heavy atom. The van der Waals surface area contributed by atoms with E-state index in [4.69, 9.17) is 16.3 Å². The first kappa shape index (κ1) is 10.7. The van der Waals surface area contributed by atoms with Gasteiger partial charge in [-0.3, -0.25) is 0 Å². The van der Waals surface area contributed by atoms with E-state index >= 15 is 0 Å². The lowest BCUT2D eigenvalue weighted by molar-refractivity contribution is 0.0727. The number of hydrogen-bond acceptors (Lipinski definition) is 5. The maximum Gasteiger partial charge on any atom is 0.184 e. The Hall–Kier alpha value is -0.360. The number of halogens is 1. The lowest BCUT2D eigenvalue weighted by Crippen LogP contribution is -2.23. The molecular weight excluding hydrogens is 212 g/mol. The van der Waals surface area contributed by atoms with Gasteiger partial charge in [-0.15, -0.1) is 11.3 Å². The van der Waals surface area contributed by atoms with Crippen molar-refractivity contribution in [3.05, 3.63) is 10.5 Å². The Morgan fingerprint density at radius 1 is 1.85 bits per heavy atom. The molecule has 0 aliphatic heterocycles. The van der Waals surface area contributed by atoms with Crippen LogP contribution in [-0.4, -0.2) is 36.5 Å². The fraction of sp³-hybridized carbons (Fsp3) is 0.571. The third kappa shape index (κ3) is 3.91. The van der Waals surface area contributed by atoms with Crippen LogP contribution in [0.5, 0.6) is 0 Å². The van der Waals surface area contributed by atoms with Crippen molar-refractivity contribution >= 4 is 28.1 Å². The number of thiazole rings is 1. The molecule has 13 heavy (non-hydrogen) atoms. The van der Waals surface area contributed by atoms with Gasteiger partial charge in [0.05, 0.1) is 12.7 Å². The van der Waals surface area contributed by atoms with Crippen molar-refractivity contribution < 1.29 is 9.84 Å². The highest BCUT2D eigenvalue weighted by molar-refractivity contribution is 7.14. The van der Waals surface area contributed by atoms with Crippen LogP contribution in [-0.2, 0) is 4.74 Å². The molecule has 0 saturated heterocycles. The standard InChI is InChI=1S/C7H11ClN2O2S/c1-12-3-5(11)2-9-7-10-6(8)4-13-7/h4-5,11H,2-3H2,1H3,(H,9,10). The molecule has 6 heteroatoms. The molecule has 0 amide bonds. The van der Waals surface area contributed by atoms with E-state index in [-0.39, 0.29) is 0 Å². The van der Waals surface area contributed by atoms with Crippen molar-refractivity contribution in [3.8, 4) is 0 Å². The van der Waals surface area contributed by atoms with Gasteiger partial charge in [0, 0.05) is 19.0 Å². The van der Waals surface area contributed by atoms with E-state index < -0.39 is 6.10 Å². The van der Waals surface area contributed by atoms with Crippen LogP contribution < -0.4 is 5.32 Å². The lowest BCUT2D eigenvalue weighted by atomic mass is 10.4. The van der Waals surface area contributed by atoms with Crippen LogP contribution in [0.2, 0.25) is 5.15 Å². The van der Waals surface area contributed by atoms with Crippen molar-refractivity contribution in [1.29, 1.82) is 0 Å². The maximum atomic E-state index is 9.27. The predicted molar refractivity (Wildman–Crippen MR) is 53.5 cm³/mol. The van der Waals surface area contributed by atoms with Crippen molar-refractivity contribution in [2.24, 2.45) is 0 Å². The van der Waals surface area contributed by atoms with Gasteiger partial charge in [-0.25, -0.2) is 4.98 Å². The highest BCUT2D eigenvalue weighted by Gasteiger charge is 2.04. The van der Waals surface area contributed by atoms with Crippen LogP contribution in [0, 0.1) is 0 Å². The molecule has 0 saturated carbocycles. The zero-order chi connectivity index (χ0) is 9.68. The number of aliphatic hydroxyl groups is 1. The molecule has 1 aromatic heterocycles. The van der Waals surface area contributed by atoms with Gasteiger partial charge in [0.2, 0.25) is 0 Å². The van der Waals surface area contributed by atoms with Gasteiger partial charge in [-0.1, -0.05) is 11.6 Å². The molecule has 2 N–H and O–H groups in total. The second kappa shape index (κ2) is 5.39. The molecule has 0 radical (unpaired) electrons. The zero-order valence-corrected chi connectivity index (χ0v) is 8.73. The number of ether oxygens (including phenoxy) is 1. The molecule has 0 aliphatic rings. The van der Waals surface area contributed by atoms with Gasteiger partial charge >= 0.3 is 0 Å². The monoisotopic (exact) mass is 222 g/mol. The molecule has 1 rings (SSSR count). The molecule has 1 atom stereocenters. The van der Waals surface area contributed by atoms with E-state index in [9.17, 15) is 5.11 Å². The molecule has 0 fully saturated rings. The van der Waals surface area contributed by atoms with E-state index in [1.807, 2.05) is 0 Å². The quantitative estimate of drug-likeness (QED) is 0.787. The minimum Gasteiger partial charge on any atom is -0.389 e. The van der Waals surface area contributed by atoms with Gasteiger partial charge in [0.1, 0.15) is 5.15 Å². The van der Waals surface area contributed by atoms with Gasteiger partial charge in [0.15, 0.2) is 5.13 Å². The molecule has 1 aromatic rings. The van der Waals surface area contributed by atoms with Crippen LogP contribution in [0.3, 0.4) is 0 Å². The third-order valence-corrected chi connectivity index (χ3v) is 2.45. The van der Waals surface area contributed by atoms with Crippen LogP contribution in [0.25, 0.3) is 0 Å². The summed E-state index contributed by atoms with van der Waals surface area (Å²) < 4.78 is 4.76. The summed E-state index contributed by atoms with van der Waals surface area (Å²) in [5.41, 5.74) is 0. The maximum absolute atomic E-state index is 9.27. The van der Waals surface area contributed by atoms with E-state index in [1.54, 1.807) is 12.5 Å². The number of anilines is 1. The number of nitrogens with zero attached hydrogens (tertiary/aromatic N) is 1. The largest absolute Gasteiger partial charge is 0.389 e. The smallest absolute Gasteiger partial charge is 0.184 e. The van der Waals surface area contributed by atoms with E-state index in [1.165, 1.54) is 11.3 Å². The van der Waals surface area contributed by atoms with Gasteiger partial charge < -0.3 is 15.2 Å². The summed E-state index contributed by atoms with van der Waals surface area (Å²) in [5, 5.41) is 15.1. The summed E-state index contributed by atoms with van der Waals surface area (Å²) >= 11 is 7.01. The van der Waals surface area contributed by atoms with Crippen molar-refractivity contribution in [2.75, 3.05) is 25.6 Å². The topological polar surface area (TPSA) is 54.4 Å². The molecule has 0 bridgehead atoms. The first-order valence-corrected chi connectivity index (χ1v) is 5.00. The number of aliphatic hydroxyl groups excluding tert-OH is 1. The normalized spacial score (nSPS) is 12.8. The Kier molecular flexibility index (Phi) is 4.44. The Labute approximate surface area is 85.5 Å². The average Bonchev–Trinajstić information content (AvgIpc) is 2.49. The second-order valence-corrected chi connectivity index (χ2v) is 3.71. The third-order valence-electron chi connectivity index (χ3n) is 1.32. The number of aromatic nitrogens is 1. The molecular formula is C7H11ClN2O2S. The number of hydrogen-bond donors (Lipinski definition) is 2. The van der Waals surface area contributed by atoms with Crippen molar-refractivity contribution in [2.45, 2.75) is 6.10 Å².